The van der Waals surface area contributed by atoms with Crippen molar-refractivity contribution in [1.29, 1.82) is 0 Å². The van der Waals surface area contributed by atoms with Crippen LogP contribution in [0.1, 0.15) is 29.8 Å². The average Bonchev–Trinajstić information content (AvgIpc) is 2.90. The molecular weight excluding hydrogens is 333 g/mol. The number of aryl methyl sites for hydroxylation is 3. The van der Waals surface area contributed by atoms with Gasteiger partial charge in [-0.3, -0.25) is 9.48 Å². The third kappa shape index (κ3) is 2.52. The summed E-state index contributed by atoms with van der Waals surface area (Å²) >= 11 is 5.70. The first-order chi connectivity index (χ1) is 11.3. The van der Waals surface area contributed by atoms with Gasteiger partial charge in [0.1, 0.15) is 11.9 Å². The van der Waals surface area contributed by atoms with Gasteiger partial charge in [0.05, 0.1) is 10.7 Å². The Hall–Kier alpha value is -2.18. The van der Waals surface area contributed by atoms with Crippen LogP contribution in [0, 0.1) is 12.7 Å². The lowest BCUT2D eigenvalue weighted by Gasteiger charge is -2.14. The number of aromatic nitrogens is 3. The predicted octanol–water partition coefficient (Wildman–Crippen LogP) is 2.94. The molecule has 1 atom stereocenters. The standard InChI is InChI=1S/C17H17ClFN3O2/c1-4-22-8-9(2)13-14(17(22)24)20-21(3)15(13)16(23)10-5-6-11(18)12(19)7-10/h5-8,16,23H,4H2,1-3H3/t16-/m1/s1. The van der Waals surface area contributed by atoms with Crippen molar-refractivity contribution in [2.75, 3.05) is 0 Å². The van der Waals surface area contributed by atoms with Crippen LogP contribution in [-0.2, 0) is 13.6 Å². The fourth-order valence-electron chi connectivity index (χ4n) is 2.96. The van der Waals surface area contributed by atoms with Crippen LogP contribution in [0.4, 0.5) is 4.39 Å². The van der Waals surface area contributed by atoms with Gasteiger partial charge in [-0.1, -0.05) is 17.7 Å². The van der Waals surface area contributed by atoms with Crippen molar-refractivity contribution in [3.63, 3.8) is 0 Å². The number of pyridine rings is 1. The first-order valence-electron chi connectivity index (χ1n) is 7.54. The number of fused-ring (bicyclic) bond motifs is 1. The Balaban J connectivity index is 2.26. The lowest BCUT2D eigenvalue weighted by Crippen LogP contribution is -2.19. The molecule has 0 spiro atoms. The maximum absolute atomic E-state index is 13.7. The van der Waals surface area contributed by atoms with Gasteiger partial charge in [-0.2, -0.15) is 5.10 Å². The molecule has 0 aliphatic carbocycles. The first-order valence-corrected chi connectivity index (χ1v) is 7.92. The van der Waals surface area contributed by atoms with E-state index in [4.69, 9.17) is 11.6 Å². The lowest BCUT2D eigenvalue weighted by atomic mass is 10.0. The van der Waals surface area contributed by atoms with E-state index in [1.165, 1.54) is 16.8 Å². The molecule has 0 amide bonds. The fraction of sp³-hybridized carbons (Fsp3) is 0.294. The van der Waals surface area contributed by atoms with Crippen molar-refractivity contribution in [2.24, 2.45) is 7.05 Å². The molecule has 0 radical (unpaired) electrons. The maximum atomic E-state index is 13.7. The molecule has 0 aliphatic rings. The number of halogens is 2. The predicted molar refractivity (Wildman–Crippen MR) is 90.9 cm³/mol. The molecule has 0 fully saturated rings. The zero-order valence-corrected chi connectivity index (χ0v) is 14.3. The molecule has 2 heterocycles. The summed E-state index contributed by atoms with van der Waals surface area (Å²) in [5.74, 6) is -0.607. The topological polar surface area (TPSA) is 60.1 Å². The Morgan fingerprint density at radius 1 is 1.42 bits per heavy atom. The van der Waals surface area contributed by atoms with Crippen molar-refractivity contribution >= 4 is 22.5 Å². The fourth-order valence-corrected chi connectivity index (χ4v) is 3.07. The Kier molecular flexibility index (Phi) is 4.19. The maximum Gasteiger partial charge on any atom is 0.278 e. The lowest BCUT2D eigenvalue weighted by molar-refractivity contribution is 0.211. The van der Waals surface area contributed by atoms with Crippen LogP contribution in [-0.4, -0.2) is 19.5 Å². The second-order valence-corrected chi connectivity index (χ2v) is 6.12. The number of hydrogen-bond acceptors (Lipinski definition) is 3. The van der Waals surface area contributed by atoms with Gasteiger partial charge in [0.25, 0.3) is 5.56 Å². The van der Waals surface area contributed by atoms with Gasteiger partial charge in [-0.05, 0) is 37.1 Å². The van der Waals surface area contributed by atoms with Crippen LogP contribution >= 0.6 is 11.6 Å². The largest absolute Gasteiger partial charge is 0.382 e. The number of benzene rings is 1. The highest BCUT2D eigenvalue weighted by molar-refractivity contribution is 6.30. The minimum absolute atomic E-state index is 0.0113. The van der Waals surface area contributed by atoms with Crippen molar-refractivity contribution < 1.29 is 9.50 Å². The Labute approximate surface area is 142 Å². The van der Waals surface area contributed by atoms with Gasteiger partial charge in [0.2, 0.25) is 0 Å². The van der Waals surface area contributed by atoms with Crippen molar-refractivity contribution in [2.45, 2.75) is 26.5 Å². The number of hydrogen-bond donors (Lipinski definition) is 1. The summed E-state index contributed by atoms with van der Waals surface area (Å²) in [7, 11) is 1.65. The van der Waals surface area contributed by atoms with Gasteiger partial charge in [0, 0.05) is 25.2 Å². The zero-order valence-electron chi connectivity index (χ0n) is 13.5. The molecule has 0 saturated heterocycles. The van der Waals surface area contributed by atoms with E-state index in [1.807, 2.05) is 13.8 Å². The minimum Gasteiger partial charge on any atom is -0.382 e. The second-order valence-electron chi connectivity index (χ2n) is 5.71. The SMILES string of the molecule is CCn1cc(C)c2c([C@H](O)c3ccc(Cl)c(F)c3)n(C)nc2c1=O. The summed E-state index contributed by atoms with van der Waals surface area (Å²) in [5, 5.41) is 15.6. The molecule has 0 unspecified atom stereocenters. The van der Waals surface area contributed by atoms with Crippen molar-refractivity contribution in [3.05, 3.63) is 62.4 Å². The quantitative estimate of drug-likeness (QED) is 0.791. The Morgan fingerprint density at radius 2 is 2.12 bits per heavy atom. The van der Waals surface area contributed by atoms with E-state index < -0.39 is 11.9 Å². The normalized spacial score (nSPS) is 12.8. The number of aliphatic hydroxyl groups excluding tert-OH is 1. The molecule has 126 valence electrons. The van der Waals surface area contributed by atoms with E-state index in [2.05, 4.69) is 5.10 Å². The molecule has 2 aromatic heterocycles. The van der Waals surface area contributed by atoms with E-state index in [0.29, 0.717) is 28.7 Å². The molecule has 5 nitrogen and oxygen atoms in total. The minimum atomic E-state index is -1.12. The first kappa shape index (κ1) is 16.7. The summed E-state index contributed by atoms with van der Waals surface area (Å²) < 4.78 is 16.8. The molecule has 0 aliphatic heterocycles. The summed E-state index contributed by atoms with van der Waals surface area (Å²) in [6.07, 6.45) is 0.618. The Bertz CT molecular complexity index is 994. The Morgan fingerprint density at radius 3 is 2.75 bits per heavy atom. The molecule has 3 aromatic rings. The van der Waals surface area contributed by atoms with E-state index >= 15 is 0 Å². The van der Waals surface area contributed by atoms with Crippen molar-refractivity contribution in [1.82, 2.24) is 14.3 Å². The van der Waals surface area contributed by atoms with Gasteiger partial charge in [-0.25, -0.2) is 4.39 Å². The van der Waals surface area contributed by atoms with Gasteiger partial charge in [0.15, 0.2) is 5.52 Å². The molecule has 1 N–H and O–H groups in total. The van der Waals surface area contributed by atoms with Gasteiger partial charge >= 0.3 is 0 Å². The van der Waals surface area contributed by atoms with E-state index in [9.17, 15) is 14.3 Å². The van der Waals surface area contributed by atoms with E-state index in [-0.39, 0.29) is 10.6 Å². The van der Waals surface area contributed by atoms with Crippen LogP contribution in [0.3, 0.4) is 0 Å². The van der Waals surface area contributed by atoms with Crippen molar-refractivity contribution in [3.8, 4) is 0 Å². The van der Waals surface area contributed by atoms with E-state index in [0.717, 1.165) is 5.56 Å². The molecular formula is C17H17ClFN3O2. The average molecular weight is 350 g/mol. The second kappa shape index (κ2) is 6.03. The summed E-state index contributed by atoms with van der Waals surface area (Å²) in [5.41, 5.74) is 1.70. The zero-order chi connectivity index (χ0) is 17.6. The van der Waals surface area contributed by atoms with Crippen LogP contribution in [0.15, 0.2) is 29.2 Å². The summed E-state index contributed by atoms with van der Waals surface area (Å²) in [4.78, 5) is 12.5. The molecule has 24 heavy (non-hydrogen) atoms. The van der Waals surface area contributed by atoms with Crippen LogP contribution < -0.4 is 5.56 Å². The highest BCUT2D eigenvalue weighted by atomic mass is 35.5. The smallest absolute Gasteiger partial charge is 0.278 e. The molecule has 3 rings (SSSR count). The highest BCUT2D eigenvalue weighted by Gasteiger charge is 2.23. The van der Waals surface area contributed by atoms with Gasteiger partial charge < -0.3 is 9.67 Å². The summed E-state index contributed by atoms with van der Waals surface area (Å²) in [6, 6.07) is 4.14. The van der Waals surface area contributed by atoms with Crippen LogP contribution in [0.5, 0.6) is 0 Å². The summed E-state index contributed by atoms with van der Waals surface area (Å²) in [6.45, 7) is 4.27. The van der Waals surface area contributed by atoms with Gasteiger partial charge in [-0.15, -0.1) is 0 Å². The molecule has 0 saturated carbocycles. The molecule has 7 heteroatoms. The number of nitrogens with zero attached hydrogens (tertiary/aromatic N) is 3. The highest BCUT2D eigenvalue weighted by Crippen LogP contribution is 2.30. The third-order valence-corrected chi connectivity index (χ3v) is 4.46. The number of rotatable bonds is 3. The van der Waals surface area contributed by atoms with Crippen LogP contribution in [0.2, 0.25) is 5.02 Å². The molecule has 0 bridgehead atoms. The number of aliphatic hydroxyl groups is 1. The molecule has 1 aromatic carbocycles. The third-order valence-electron chi connectivity index (χ3n) is 4.16. The van der Waals surface area contributed by atoms with Crippen LogP contribution in [0.25, 0.3) is 10.9 Å². The van der Waals surface area contributed by atoms with E-state index in [1.54, 1.807) is 23.9 Å². The monoisotopic (exact) mass is 349 g/mol.